The molecule has 0 bridgehead atoms. The third-order valence-corrected chi connectivity index (χ3v) is 5.58. The van der Waals surface area contributed by atoms with Gasteiger partial charge >= 0.3 is 0 Å². The van der Waals surface area contributed by atoms with E-state index in [1.165, 1.54) is 32.1 Å². The Hall–Kier alpha value is -0.370. The lowest BCUT2D eigenvalue weighted by atomic mass is 9.73. The smallest absolute Gasteiger partial charge is 0.167 e. The Morgan fingerprint density at radius 1 is 1.00 bits per heavy atom. The molecule has 2 aliphatic rings. The van der Waals surface area contributed by atoms with Crippen LogP contribution in [0.1, 0.15) is 84.5 Å². The minimum Gasteiger partial charge on any atom is -0.367 e. The molecule has 0 aromatic carbocycles. The summed E-state index contributed by atoms with van der Waals surface area (Å²) in [7, 11) is 0. The normalized spacial score (nSPS) is 30.7. The zero-order chi connectivity index (χ0) is 14.4. The summed E-state index contributed by atoms with van der Waals surface area (Å²) in [6.45, 7) is 4.99. The highest BCUT2D eigenvalue weighted by molar-refractivity contribution is 5.89. The van der Waals surface area contributed by atoms with Crippen LogP contribution in [0.5, 0.6) is 0 Å². The highest BCUT2D eigenvalue weighted by atomic mass is 16.5. The Morgan fingerprint density at radius 3 is 2.10 bits per heavy atom. The Labute approximate surface area is 124 Å². The first kappa shape index (κ1) is 16.0. The average Bonchev–Trinajstić information content (AvgIpc) is 2.73. The molecular weight excluding hydrogens is 248 g/mol. The van der Waals surface area contributed by atoms with Gasteiger partial charge in [-0.25, -0.2) is 0 Å². The second-order valence-electron chi connectivity index (χ2n) is 6.83. The molecule has 0 amide bonds. The zero-order valence-corrected chi connectivity index (χ0v) is 13.5. The monoisotopic (exact) mass is 280 g/mol. The molecule has 0 unspecified atom stereocenters. The first-order chi connectivity index (χ1) is 9.72. The molecule has 0 spiro atoms. The van der Waals surface area contributed by atoms with Gasteiger partial charge in [-0.05, 0) is 51.4 Å². The van der Waals surface area contributed by atoms with Gasteiger partial charge in [0.15, 0.2) is 5.78 Å². The van der Waals surface area contributed by atoms with Gasteiger partial charge < -0.3 is 4.74 Å². The molecule has 116 valence electrons. The molecule has 0 aromatic rings. The Morgan fingerprint density at radius 2 is 1.60 bits per heavy atom. The first-order valence-corrected chi connectivity index (χ1v) is 8.90. The fourth-order valence-electron chi connectivity index (χ4n) is 4.24. The fraction of sp³-hybridized carbons (Fsp3) is 0.944. The molecule has 0 radical (unpaired) electrons. The van der Waals surface area contributed by atoms with Gasteiger partial charge in [0.25, 0.3) is 0 Å². The summed E-state index contributed by atoms with van der Waals surface area (Å²) in [5.41, 5.74) is -0.422. The SMILES string of the molecule is CCOC1(C(=O)C2CCC(CC)CC2)CCCCCC1. The van der Waals surface area contributed by atoms with Crippen LogP contribution in [0.3, 0.4) is 0 Å². The average molecular weight is 280 g/mol. The zero-order valence-electron chi connectivity index (χ0n) is 13.5. The summed E-state index contributed by atoms with van der Waals surface area (Å²) < 4.78 is 6.07. The van der Waals surface area contributed by atoms with Crippen molar-refractivity contribution in [2.75, 3.05) is 6.61 Å². The molecule has 0 N–H and O–H groups in total. The van der Waals surface area contributed by atoms with E-state index in [0.29, 0.717) is 12.4 Å². The lowest BCUT2D eigenvalue weighted by Crippen LogP contribution is -2.45. The van der Waals surface area contributed by atoms with Gasteiger partial charge in [-0.15, -0.1) is 0 Å². The fourth-order valence-corrected chi connectivity index (χ4v) is 4.24. The van der Waals surface area contributed by atoms with E-state index in [1.54, 1.807) is 0 Å². The van der Waals surface area contributed by atoms with E-state index < -0.39 is 5.60 Å². The number of ketones is 1. The van der Waals surface area contributed by atoms with E-state index in [2.05, 4.69) is 6.92 Å². The van der Waals surface area contributed by atoms with Crippen LogP contribution in [-0.2, 0) is 9.53 Å². The van der Waals surface area contributed by atoms with Gasteiger partial charge in [-0.2, -0.15) is 0 Å². The lowest BCUT2D eigenvalue weighted by molar-refractivity contribution is -0.152. The Kier molecular flexibility index (Phi) is 6.07. The van der Waals surface area contributed by atoms with E-state index in [4.69, 9.17) is 4.74 Å². The largest absolute Gasteiger partial charge is 0.367 e. The molecule has 2 aliphatic carbocycles. The van der Waals surface area contributed by atoms with E-state index >= 15 is 0 Å². The molecule has 20 heavy (non-hydrogen) atoms. The summed E-state index contributed by atoms with van der Waals surface area (Å²) in [5.74, 6) is 1.59. The number of Topliss-reactive ketones (excluding diaryl/α,β-unsaturated/α-hetero) is 1. The van der Waals surface area contributed by atoms with Crippen molar-refractivity contribution in [3.63, 3.8) is 0 Å². The van der Waals surface area contributed by atoms with Gasteiger partial charge in [0.1, 0.15) is 5.60 Å². The highest BCUT2D eigenvalue weighted by Crippen LogP contribution is 2.39. The van der Waals surface area contributed by atoms with Crippen LogP contribution in [0.15, 0.2) is 0 Å². The second-order valence-corrected chi connectivity index (χ2v) is 6.83. The van der Waals surface area contributed by atoms with Gasteiger partial charge in [0, 0.05) is 12.5 Å². The first-order valence-electron chi connectivity index (χ1n) is 8.90. The Bertz CT molecular complexity index is 295. The van der Waals surface area contributed by atoms with E-state index in [-0.39, 0.29) is 5.92 Å². The van der Waals surface area contributed by atoms with Gasteiger partial charge in [-0.1, -0.05) is 39.0 Å². The number of hydrogen-bond acceptors (Lipinski definition) is 2. The summed E-state index contributed by atoms with van der Waals surface area (Å²) >= 11 is 0. The minimum atomic E-state index is -0.422. The van der Waals surface area contributed by atoms with Crippen molar-refractivity contribution in [3.8, 4) is 0 Å². The maximum atomic E-state index is 13.1. The maximum Gasteiger partial charge on any atom is 0.167 e. The van der Waals surface area contributed by atoms with E-state index in [9.17, 15) is 4.79 Å². The van der Waals surface area contributed by atoms with Crippen molar-refractivity contribution in [2.45, 2.75) is 90.1 Å². The van der Waals surface area contributed by atoms with Crippen molar-refractivity contribution in [2.24, 2.45) is 11.8 Å². The third kappa shape index (κ3) is 3.63. The van der Waals surface area contributed by atoms with E-state index in [1.807, 2.05) is 6.92 Å². The van der Waals surface area contributed by atoms with Crippen LogP contribution in [0.4, 0.5) is 0 Å². The van der Waals surface area contributed by atoms with Crippen molar-refractivity contribution in [1.82, 2.24) is 0 Å². The molecule has 0 aliphatic heterocycles. The van der Waals surface area contributed by atoms with Crippen molar-refractivity contribution >= 4 is 5.78 Å². The molecule has 0 atom stereocenters. The standard InChI is InChI=1S/C18H32O2/c1-3-15-9-11-16(12-10-15)17(19)18(20-4-2)13-7-5-6-8-14-18/h15-16H,3-14H2,1-2H3. The molecule has 2 saturated carbocycles. The predicted molar refractivity (Wildman–Crippen MR) is 82.8 cm³/mol. The van der Waals surface area contributed by atoms with Crippen LogP contribution in [0.2, 0.25) is 0 Å². The van der Waals surface area contributed by atoms with Crippen LogP contribution >= 0.6 is 0 Å². The molecular formula is C18H32O2. The van der Waals surface area contributed by atoms with Crippen LogP contribution < -0.4 is 0 Å². The number of hydrogen-bond donors (Lipinski definition) is 0. The summed E-state index contributed by atoms with van der Waals surface area (Å²) in [5, 5.41) is 0. The Balaban J connectivity index is 2.02. The molecule has 2 fully saturated rings. The summed E-state index contributed by atoms with van der Waals surface area (Å²) in [6.07, 6.45) is 12.8. The van der Waals surface area contributed by atoms with Gasteiger partial charge in [-0.3, -0.25) is 4.79 Å². The van der Waals surface area contributed by atoms with E-state index in [0.717, 1.165) is 44.4 Å². The number of carbonyl (C=O) groups excluding carboxylic acids is 1. The number of ether oxygens (including phenoxy) is 1. The predicted octanol–water partition coefficient (Wildman–Crippen LogP) is 4.90. The molecule has 0 heterocycles. The van der Waals surface area contributed by atoms with Crippen LogP contribution in [0, 0.1) is 11.8 Å². The quantitative estimate of drug-likeness (QED) is 0.669. The van der Waals surface area contributed by atoms with Crippen molar-refractivity contribution in [3.05, 3.63) is 0 Å². The molecule has 0 saturated heterocycles. The number of rotatable bonds is 5. The highest BCUT2D eigenvalue weighted by Gasteiger charge is 2.43. The minimum absolute atomic E-state index is 0.280. The summed E-state index contributed by atoms with van der Waals surface area (Å²) in [6, 6.07) is 0. The van der Waals surface area contributed by atoms with Gasteiger partial charge in [0.05, 0.1) is 0 Å². The molecule has 2 rings (SSSR count). The van der Waals surface area contributed by atoms with Crippen molar-refractivity contribution < 1.29 is 9.53 Å². The molecule has 0 aromatic heterocycles. The van der Waals surface area contributed by atoms with Crippen LogP contribution in [0.25, 0.3) is 0 Å². The van der Waals surface area contributed by atoms with Crippen molar-refractivity contribution in [1.29, 1.82) is 0 Å². The molecule has 2 nitrogen and oxygen atoms in total. The second kappa shape index (κ2) is 7.59. The van der Waals surface area contributed by atoms with Crippen LogP contribution in [-0.4, -0.2) is 18.0 Å². The lowest BCUT2D eigenvalue weighted by Gasteiger charge is -2.37. The third-order valence-electron chi connectivity index (χ3n) is 5.58. The topological polar surface area (TPSA) is 26.3 Å². The maximum absolute atomic E-state index is 13.1. The van der Waals surface area contributed by atoms with Gasteiger partial charge in [0.2, 0.25) is 0 Å². The summed E-state index contributed by atoms with van der Waals surface area (Å²) in [4.78, 5) is 13.1. The molecule has 2 heteroatoms. The number of carbonyl (C=O) groups is 1.